The van der Waals surface area contributed by atoms with Crippen LogP contribution in [0.2, 0.25) is 0 Å². The molecule has 8 nitrogen and oxygen atoms in total. The summed E-state index contributed by atoms with van der Waals surface area (Å²) >= 11 is 0. The normalized spacial score (nSPS) is 14.6. The van der Waals surface area contributed by atoms with Crippen LogP contribution in [0.15, 0.2) is 65.6 Å². The summed E-state index contributed by atoms with van der Waals surface area (Å²) in [4.78, 5) is 33.8. The van der Waals surface area contributed by atoms with Crippen molar-refractivity contribution in [1.29, 1.82) is 0 Å². The highest BCUT2D eigenvalue weighted by Crippen LogP contribution is 2.23. The first-order chi connectivity index (χ1) is 16.5. The first-order valence-corrected chi connectivity index (χ1v) is 11.4. The molecule has 1 aliphatic heterocycles. The number of nitrogens with zero attached hydrogens (tertiary/aromatic N) is 3. The number of aromatic nitrogens is 3. The standard InChI is InChI=1S/C26H27N5O3/c1-30-23-12-21(13-27-24(23)29-26(30)34)18-7-4-8-19(11-18)25(33)28-14-22(32)16-31-10-9-17-5-2-3-6-20(17)15-31/h2-8,11-13,22,32H,9-10,14-16H2,1H3,(H,28,33)(H,27,29,34)/t22-/m1/s1. The second kappa shape index (κ2) is 9.24. The van der Waals surface area contributed by atoms with E-state index >= 15 is 0 Å². The Balaban J connectivity index is 1.21. The van der Waals surface area contributed by atoms with Crippen LogP contribution >= 0.6 is 0 Å². The van der Waals surface area contributed by atoms with Crippen LogP contribution in [0.5, 0.6) is 0 Å². The Kier molecular flexibility index (Phi) is 6.00. The molecule has 174 valence electrons. The first-order valence-electron chi connectivity index (χ1n) is 11.4. The Labute approximate surface area is 196 Å². The van der Waals surface area contributed by atoms with Crippen LogP contribution in [-0.2, 0) is 20.0 Å². The molecule has 0 saturated heterocycles. The van der Waals surface area contributed by atoms with Gasteiger partial charge in [0.05, 0.1) is 11.6 Å². The predicted octanol–water partition coefficient (Wildman–Crippen LogP) is 2.08. The molecule has 0 unspecified atom stereocenters. The summed E-state index contributed by atoms with van der Waals surface area (Å²) in [6.45, 7) is 2.40. The average Bonchev–Trinajstić information content (AvgIpc) is 3.15. The molecule has 1 atom stereocenters. The van der Waals surface area contributed by atoms with Gasteiger partial charge in [0.2, 0.25) is 0 Å². The van der Waals surface area contributed by atoms with Crippen LogP contribution in [0.4, 0.5) is 0 Å². The Morgan fingerprint density at radius 1 is 1.15 bits per heavy atom. The molecular formula is C26H27N5O3. The van der Waals surface area contributed by atoms with Gasteiger partial charge in [0.15, 0.2) is 5.65 Å². The van der Waals surface area contributed by atoms with E-state index < -0.39 is 6.10 Å². The number of amides is 1. The summed E-state index contributed by atoms with van der Waals surface area (Å²) in [6.07, 6.45) is 1.99. The molecule has 3 N–H and O–H groups in total. The van der Waals surface area contributed by atoms with Crippen molar-refractivity contribution >= 4 is 17.1 Å². The third-order valence-electron chi connectivity index (χ3n) is 6.39. The van der Waals surface area contributed by atoms with Crippen molar-refractivity contribution in [1.82, 2.24) is 24.8 Å². The number of hydrogen-bond donors (Lipinski definition) is 3. The number of pyridine rings is 1. The van der Waals surface area contributed by atoms with Gasteiger partial charge in [-0.1, -0.05) is 36.4 Å². The lowest BCUT2D eigenvalue weighted by Gasteiger charge is -2.30. The Hall–Kier alpha value is -3.75. The van der Waals surface area contributed by atoms with E-state index in [0.29, 0.717) is 23.3 Å². The van der Waals surface area contributed by atoms with Crippen LogP contribution < -0.4 is 11.0 Å². The minimum atomic E-state index is -0.654. The Morgan fingerprint density at radius 3 is 2.82 bits per heavy atom. The molecule has 0 saturated carbocycles. The Bertz CT molecular complexity index is 1410. The van der Waals surface area contributed by atoms with E-state index in [1.807, 2.05) is 24.3 Å². The molecule has 1 aliphatic rings. The van der Waals surface area contributed by atoms with Gasteiger partial charge in [-0.3, -0.25) is 19.2 Å². The van der Waals surface area contributed by atoms with Crippen LogP contribution in [0, 0.1) is 0 Å². The second-order valence-electron chi connectivity index (χ2n) is 8.78. The van der Waals surface area contributed by atoms with E-state index in [2.05, 4.69) is 38.4 Å². The van der Waals surface area contributed by atoms with Crippen molar-refractivity contribution in [3.63, 3.8) is 0 Å². The summed E-state index contributed by atoms with van der Waals surface area (Å²) in [7, 11) is 1.68. The molecule has 2 aromatic carbocycles. The highest BCUT2D eigenvalue weighted by Gasteiger charge is 2.19. The predicted molar refractivity (Wildman–Crippen MR) is 131 cm³/mol. The fourth-order valence-electron chi connectivity index (χ4n) is 4.48. The van der Waals surface area contributed by atoms with Gasteiger partial charge in [0, 0.05) is 50.6 Å². The van der Waals surface area contributed by atoms with Crippen molar-refractivity contribution in [3.8, 4) is 11.1 Å². The third-order valence-corrected chi connectivity index (χ3v) is 6.39. The molecule has 4 aromatic rings. The molecule has 2 aromatic heterocycles. The number of carbonyl (C=O) groups excluding carboxylic acids is 1. The molecule has 0 bridgehead atoms. The number of rotatable bonds is 6. The molecule has 0 fully saturated rings. The summed E-state index contributed by atoms with van der Waals surface area (Å²) < 4.78 is 1.50. The first kappa shape index (κ1) is 22.1. The zero-order chi connectivity index (χ0) is 23.7. The fraction of sp³-hybridized carbons (Fsp3) is 0.269. The molecule has 5 rings (SSSR count). The molecule has 0 spiro atoms. The van der Waals surface area contributed by atoms with Gasteiger partial charge >= 0.3 is 5.69 Å². The maximum absolute atomic E-state index is 12.8. The van der Waals surface area contributed by atoms with Gasteiger partial charge in [0.25, 0.3) is 5.91 Å². The van der Waals surface area contributed by atoms with Crippen LogP contribution in [0.1, 0.15) is 21.5 Å². The van der Waals surface area contributed by atoms with E-state index in [1.54, 1.807) is 25.4 Å². The van der Waals surface area contributed by atoms with Crippen molar-refractivity contribution in [3.05, 3.63) is 88.0 Å². The van der Waals surface area contributed by atoms with E-state index in [-0.39, 0.29) is 18.1 Å². The van der Waals surface area contributed by atoms with E-state index in [1.165, 1.54) is 15.7 Å². The van der Waals surface area contributed by atoms with Gasteiger partial charge in [-0.2, -0.15) is 0 Å². The van der Waals surface area contributed by atoms with Crippen LogP contribution in [-0.4, -0.2) is 56.2 Å². The van der Waals surface area contributed by atoms with Crippen molar-refractivity contribution in [2.45, 2.75) is 19.1 Å². The number of fused-ring (bicyclic) bond motifs is 2. The number of aryl methyl sites for hydroxylation is 1. The van der Waals surface area contributed by atoms with Crippen molar-refractivity contribution in [2.24, 2.45) is 7.05 Å². The maximum atomic E-state index is 12.8. The number of benzene rings is 2. The number of β-amino-alcohol motifs (C(OH)–C–C–N with tert-alkyl or cyclic N) is 1. The van der Waals surface area contributed by atoms with Crippen molar-refractivity contribution < 1.29 is 9.90 Å². The summed E-state index contributed by atoms with van der Waals surface area (Å²) in [5, 5.41) is 13.4. The van der Waals surface area contributed by atoms with Crippen LogP contribution in [0.25, 0.3) is 22.3 Å². The monoisotopic (exact) mass is 457 g/mol. The quantitative estimate of drug-likeness (QED) is 0.411. The van der Waals surface area contributed by atoms with E-state index in [9.17, 15) is 14.7 Å². The lowest BCUT2D eigenvalue weighted by molar-refractivity contribution is 0.0842. The highest BCUT2D eigenvalue weighted by molar-refractivity contribution is 5.95. The number of aliphatic hydroxyl groups is 1. The number of aliphatic hydroxyl groups excluding tert-OH is 1. The lowest BCUT2D eigenvalue weighted by atomic mass is 10.00. The molecule has 0 aliphatic carbocycles. The van der Waals surface area contributed by atoms with Crippen LogP contribution in [0.3, 0.4) is 0 Å². The van der Waals surface area contributed by atoms with E-state index in [0.717, 1.165) is 30.6 Å². The topological polar surface area (TPSA) is 103 Å². The number of hydrogen-bond acceptors (Lipinski definition) is 5. The average molecular weight is 458 g/mol. The summed E-state index contributed by atoms with van der Waals surface area (Å²) in [5.74, 6) is -0.243. The number of carbonyl (C=O) groups is 1. The largest absolute Gasteiger partial charge is 0.390 e. The minimum absolute atomic E-state index is 0.181. The second-order valence-corrected chi connectivity index (χ2v) is 8.78. The van der Waals surface area contributed by atoms with Gasteiger partial charge in [-0.05, 0) is 41.3 Å². The number of nitrogens with one attached hydrogen (secondary N) is 2. The van der Waals surface area contributed by atoms with Crippen molar-refractivity contribution in [2.75, 3.05) is 19.6 Å². The SMILES string of the molecule is Cn1c(=O)[nH]c2ncc(-c3cccc(C(=O)NC[C@@H](O)CN4CCc5ccccc5C4)c3)cc21. The van der Waals surface area contributed by atoms with Gasteiger partial charge < -0.3 is 10.4 Å². The van der Waals surface area contributed by atoms with Gasteiger partial charge in [0.1, 0.15) is 0 Å². The highest BCUT2D eigenvalue weighted by atomic mass is 16.3. The summed E-state index contributed by atoms with van der Waals surface area (Å²) in [5.41, 5.74) is 5.80. The maximum Gasteiger partial charge on any atom is 0.327 e. The van der Waals surface area contributed by atoms with Gasteiger partial charge in [-0.15, -0.1) is 0 Å². The van der Waals surface area contributed by atoms with Gasteiger partial charge in [-0.25, -0.2) is 9.78 Å². The number of aromatic amines is 1. The molecule has 3 heterocycles. The lowest BCUT2D eigenvalue weighted by Crippen LogP contribution is -2.42. The van der Waals surface area contributed by atoms with E-state index in [4.69, 9.17) is 0 Å². The zero-order valence-corrected chi connectivity index (χ0v) is 19.0. The molecule has 1 amide bonds. The molecular weight excluding hydrogens is 430 g/mol. The zero-order valence-electron chi connectivity index (χ0n) is 19.0. The smallest absolute Gasteiger partial charge is 0.327 e. The Morgan fingerprint density at radius 2 is 1.97 bits per heavy atom. The molecule has 8 heteroatoms. The number of H-pyrrole nitrogens is 1. The minimum Gasteiger partial charge on any atom is -0.390 e. The molecule has 34 heavy (non-hydrogen) atoms. The summed E-state index contributed by atoms with van der Waals surface area (Å²) in [6, 6.07) is 17.5. The molecule has 0 radical (unpaired) electrons. The third kappa shape index (κ3) is 4.50. The number of imidazole rings is 1. The fourth-order valence-corrected chi connectivity index (χ4v) is 4.48.